The number of aromatic nitrogens is 1. The highest BCUT2D eigenvalue weighted by Crippen LogP contribution is 2.28. The van der Waals surface area contributed by atoms with Crippen LogP contribution in [0.2, 0.25) is 0 Å². The fourth-order valence-electron chi connectivity index (χ4n) is 1.87. The Balaban J connectivity index is 2.26. The number of hydrogen-bond donors (Lipinski definition) is 0. The van der Waals surface area contributed by atoms with Gasteiger partial charge in [0.15, 0.2) is 0 Å². The van der Waals surface area contributed by atoms with Gasteiger partial charge in [-0.3, -0.25) is 4.98 Å². The second-order valence-electron chi connectivity index (χ2n) is 4.31. The van der Waals surface area contributed by atoms with E-state index in [4.69, 9.17) is 15.1 Å². The first kappa shape index (κ1) is 5.72. The molecular formula is C19H16FN. The molecule has 0 amide bonds. The lowest BCUT2D eigenvalue weighted by Crippen LogP contribution is -1.91. The third-order valence-electron chi connectivity index (χ3n) is 2.94. The Morgan fingerprint density at radius 2 is 1.81 bits per heavy atom. The van der Waals surface area contributed by atoms with Gasteiger partial charge in [-0.1, -0.05) is 30.2 Å². The molecule has 21 heavy (non-hydrogen) atoms. The maximum absolute atomic E-state index is 14.7. The van der Waals surface area contributed by atoms with Crippen molar-refractivity contribution in [3.63, 3.8) is 0 Å². The van der Waals surface area contributed by atoms with E-state index in [1.807, 2.05) is 0 Å². The average Bonchev–Trinajstić information content (AvgIpc) is 2.70. The van der Waals surface area contributed by atoms with Crippen molar-refractivity contribution in [2.75, 3.05) is 0 Å². The van der Waals surface area contributed by atoms with Crippen LogP contribution in [0.5, 0.6) is 0 Å². The Labute approximate surface area is 139 Å². The first-order valence-corrected chi connectivity index (χ1v) is 6.02. The quantitative estimate of drug-likeness (QED) is 0.634. The molecule has 1 nitrogen and oxygen atoms in total. The van der Waals surface area contributed by atoms with E-state index in [1.165, 1.54) is 12.1 Å². The first-order valence-electron chi connectivity index (χ1n) is 11.5. The van der Waals surface area contributed by atoms with Crippen LogP contribution in [0, 0.1) is 19.5 Å². The monoisotopic (exact) mass is 288 g/mol. The lowest BCUT2D eigenvalue weighted by Gasteiger charge is -2.08. The van der Waals surface area contributed by atoms with Gasteiger partial charge >= 0.3 is 0 Å². The van der Waals surface area contributed by atoms with Gasteiger partial charge < -0.3 is 0 Å². The van der Waals surface area contributed by atoms with Crippen molar-refractivity contribution < 1.29 is 19.5 Å². The molecule has 3 rings (SSSR count). The van der Waals surface area contributed by atoms with Crippen molar-refractivity contribution in [1.82, 2.24) is 4.98 Å². The van der Waals surface area contributed by atoms with E-state index in [9.17, 15) is 4.39 Å². The van der Waals surface area contributed by atoms with Crippen molar-refractivity contribution >= 4 is 0 Å². The van der Waals surface area contributed by atoms with E-state index >= 15 is 0 Å². The minimum atomic E-state index is -2.75. The molecule has 0 N–H and O–H groups in total. The summed E-state index contributed by atoms with van der Waals surface area (Å²) in [5, 5.41) is 0. The Hall–Kier alpha value is -2.48. The molecule has 0 unspecified atom stereocenters. The van der Waals surface area contributed by atoms with Crippen molar-refractivity contribution in [3.8, 4) is 22.4 Å². The van der Waals surface area contributed by atoms with Crippen molar-refractivity contribution in [1.29, 1.82) is 0 Å². The summed E-state index contributed by atoms with van der Waals surface area (Å²) in [5.74, 6) is -0.859. The lowest BCUT2D eigenvalue weighted by molar-refractivity contribution is 0.631. The van der Waals surface area contributed by atoms with Crippen LogP contribution in [-0.2, 0) is 0 Å². The van der Waals surface area contributed by atoms with Gasteiger partial charge in [-0.2, -0.15) is 0 Å². The van der Waals surface area contributed by atoms with Crippen LogP contribution in [0.4, 0.5) is 4.39 Å². The molecule has 0 spiro atoms. The summed E-state index contributed by atoms with van der Waals surface area (Å²) in [6.07, 6.45) is 0.928. The van der Waals surface area contributed by atoms with E-state index in [0.717, 1.165) is 18.3 Å². The Bertz CT molecular complexity index is 1190. The van der Waals surface area contributed by atoms with Gasteiger partial charge in [-0.05, 0) is 54.7 Å². The van der Waals surface area contributed by atoms with E-state index in [0.29, 0.717) is 0 Å². The summed E-state index contributed by atoms with van der Waals surface area (Å²) in [7, 11) is 0. The molecule has 2 aromatic carbocycles. The fourth-order valence-corrected chi connectivity index (χ4v) is 1.87. The molecule has 1 aromatic heterocycles. The zero-order chi connectivity index (χ0) is 24.2. The van der Waals surface area contributed by atoms with Crippen molar-refractivity contribution in [2.45, 2.75) is 13.7 Å². The molecule has 0 atom stereocenters. The Morgan fingerprint density at radius 3 is 2.57 bits per heavy atom. The van der Waals surface area contributed by atoms with Crippen LogP contribution < -0.4 is 0 Å². The van der Waals surface area contributed by atoms with Gasteiger partial charge in [0.05, 0.1) is 12.5 Å². The highest BCUT2D eigenvalue weighted by molar-refractivity contribution is 5.72. The number of aryl methyl sites for hydroxylation is 2. The van der Waals surface area contributed by atoms with Gasteiger partial charge in [0, 0.05) is 25.5 Å². The molecule has 2 heteroatoms. The average molecular weight is 288 g/mol. The SMILES string of the molecule is [2H]c1c([2H])c([2H])c(-c2cc(-c3cc(C([2H])([2H])[2H])c(C([2H])([2H])[2H])cn3)ccc2F)c([2H])c1[2H]. The van der Waals surface area contributed by atoms with Crippen LogP contribution in [0.1, 0.15) is 26.2 Å². The molecule has 0 bridgehead atoms. The molecule has 3 aromatic rings. The van der Waals surface area contributed by atoms with E-state index in [1.54, 1.807) is 0 Å². The van der Waals surface area contributed by atoms with E-state index in [-0.39, 0.29) is 22.4 Å². The number of nitrogens with zero attached hydrogens (tertiary/aromatic N) is 1. The number of halogens is 1. The molecule has 0 radical (unpaired) electrons. The van der Waals surface area contributed by atoms with Crippen LogP contribution in [0.25, 0.3) is 22.4 Å². The third-order valence-corrected chi connectivity index (χ3v) is 2.94. The van der Waals surface area contributed by atoms with Gasteiger partial charge in [0.25, 0.3) is 0 Å². The van der Waals surface area contributed by atoms with Gasteiger partial charge in [-0.25, -0.2) is 4.39 Å². The van der Waals surface area contributed by atoms with Crippen LogP contribution >= 0.6 is 0 Å². The van der Waals surface area contributed by atoms with Gasteiger partial charge in [0.2, 0.25) is 0 Å². The molecule has 104 valence electrons. The minimum Gasteiger partial charge on any atom is -0.256 e. The maximum Gasteiger partial charge on any atom is 0.131 e. The standard InChI is InChI=1S/C19H16FN/c1-13-10-19(21-12-14(13)2)16-8-9-18(20)17(11-16)15-6-4-3-5-7-15/h3-12H,1-2H3/i1D3,2D3,3D,4D,5D,6D,7D. The molecule has 1 heterocycles. The summed E-state index contributed by atoms with van der Waals surface area (Å²) >= 11 is 0. The Morgan fingerprint density at radius 1 is 1.00 bits per heavy atom. The molecule has 0 saturated carbocycles. The summed E-state index contributed by atoms with van der Waals surface area (Å²) in [6, 6.07) is 1.46. The van der Waals surface area contributed by atoms with Crippen LogP contribution in [0.3, 0.4) is 0 Å². The highest BCUT2D eigenvalue weighted by atomic mass is 19.1. The molecule has 0 aliphatic heterocycles. The van der Waals surface area contributed by atoms with Gasteiger partial charge in [-0.15, -0.1) is 0 Å². The number of pyridine rings is 1. The van der Waals surface area contributed by atoms with Crippen molar-refractivity contribution in [3.05, 3.63) is 77.6 Å². The predicted molar refractivity (Wildman–Crippen MR) is 84.5 cm³/mol. The molecule has 0 saturated heterocycles. The zero-order valence-corrected chi connectivity index (χ0v) is 10.7. The Kier molecular flexibility index (Phi) is 1.49. The number of benzene rings is 2. The lowest BCUT2D eigenvalue weighted by atomic mass is 10.00. The number of hydrogen-bond acceptors (Lipinski definition) is 1. The number of rotatable bonds is 2. The van der Waals surface area contributed by atoms with Crippen LogP contribution in [0.15, 0.2) is 60.7 Å². The molecular weight excluding hydrogens is 261 g/mol. The van der Waals surface area contributed by atoms with E-state index < -0.39 is 60.9 Å². The summed E-state index contributed by atoms with van der Waals surface area (Å²) in [5.41, 5.74) is -1.32. The normalized spacial score (nSPS) is 19.4. The maximum atomic E-state index is 14.7. The second kappa shape index (κ2) is 5.49. The third kappa shape index (κ3) is 2.70. The van der Waals surface area contributed by atoms with Gasteiger partial charge in [0.1, 0.15) is 5.82 Å². The molecule has 0 aliphatic carbocycles. The van der Waals surface area contributed by atoms with Crippen LogP contribution in [-0.4, -0.2) is 4.98 Å². The highest BCUT2D eigenvalue weighted by Gasteiger charge is 2.08. The largest absolute Gasteiger partial charge is 0.256 e. The fraction of sp³-hybridized carbons (Fsp3) is 0.105. The topological polar surface area (TPSA) is 12.9 Å². The zero-order valence-electron chi connectivity index (χ0n) is 21.7. The first-order chi connectivity index (χ1) is 14.6. The second-order valence-corrected chi connectivity index (χ2v) is 4.31. The van der Waals surface area contributed by atoms with Crippen molar-refractivity contribution in [2.24, 2.45) is 0 Å². The summed E-state index contributed by atoms with van der Waals surface area (Å²) < 4.78 is 99.7. The molecule has 0 aliphatic rings. The smallest absolute Gasteiger partial charge is 0.131 e. The summed E-state index contributed by atoms with van der Waals surface area (Å²) in [6.45, 7) is -5.46. The predicted octanol–water partition coefficient (Wildman–Crippen LogP) is 5.17. The summed E-state index contributed by atoms with van der Waals surface area (Å²) in [4.78, 5) is 4.02. The minimum absolute atomic E-state index is 0.0257. The van der Waals surface area contributed by atoms with E-state index in [2.05, 4.69) is 4.98 Å². The molecule has 0 fully saturated rings.